The van der Waals surface area contributed by atoms with Crippen LogP contribution in [0.1, 0.15) is 31.1 Å². The fraction of sp³-hybridized carbons (Fsp3) is 0.583. The molecule has 96 valence electrons. The summed E-state index contributed by atoms with van der Waals surface area (Å²) in [6, 6.07) is 1.67. The smallest absolute Gasteiger partial charge is 0.258 e. The molecule has 17 heavy (non-hydrogen) atoms. The zero-order valence-corrected chi connectivity index (χ0v) is 12.1. The number of amides is 1. The summed E-state index contributed by atoms with van der Waals surface area (Å²) in [4.78, 5) is 14.0. The van der Waals surface area contributed by atoms with Crippen molar-refractivity contribution in [2.24, 2.45) is 11.1 Å². The maximum Gasteiger partial charge on any atom is 0.258 e. The van der Waals surface area contributed by atoms with E-state index < -0.39 is 0 Å². The molecule has 0 atom stereocenters. The normalized spacial score (nSPS) is 11.6. The first-order valence-corrected chi connectivity index (χ1v) is 6.43. The van der Waals surface area contributed by atoms with Gasteiger partial charge in [0.15, 0.2) is 4.67 Å². The molecule has 0 saturated carbocycles. The van der Waals surface area contributed by atoms with E-state index in [1.54, 1.807) is 11.0 Å². The van der Waals surface area contributed by atoms with E-state index in [0.717, 1.165) is 0 Å². The van der Waals surface area contributed by atoms with Crippen molar-refractivity contribution in [1.82, 2.24) is 4.90 Å². The van der Waals surface area contributed by atoms with Crippen LogP contribution >= 0.6 is 15.9 Å². The number of nitrogens with zero attached hydrogens (tertiary/aromatic N) is 1. The van der Waals surface area contributed by atoms with Gasteiger partial charge in [-0.15, -0.1) is 0 Å². The van der Waals surface area contributed by atoms with E-state index in [0.29, 0.717) is 29.9 Å². The van der Waals surface area contributed by atoms with E-state index in [2.05, 4.69) is 15.9 Å². The highest BCUT2D eigenvalue weighted by Crippen LogP contribution is 2.22. The summed E-state index contributed by atoms with van der Waals surface area (Å²) in [6.07, 6.45) is 1.50. The number of carbonyl (C=O) groups is 1. The molecule has 1 rings (SSSR count). The largest absolute Gasteiger partial charge is 0.457 e. The van der Waals surface area contributed by atoms with Crippen molar-refractivity contribution in [3.63, 3.8) is 0 Å². The Labute approximate surface area is 110 Å². The van der Waals surface area contributed by atoms with E-state index in [1.807, 2.05) is 20.8 Å². The van der Waals surface area contributed by atoms with Crippen molar-refractivity contribution in [2.75, 3.05) is 19.6 Å². The summed E-state index contributed by atoms with van der Waals surface area (Å²) in [5, 5.41) is 0. The first-order valence-electron chi connectivity index (χ1n) is 5.63. The summed E-state index contributed by atoms with van der Waals surface area (Å²) in [5.41, 5.74) is 6.17. The van der Waals surface area contributed by atoms with Crippen molar-refractivity contribution in [3.05, 3.63) is 22.6 Å². The van der Waals surface area contributed by atoms with Gasteiger partial charge in [0.05, 0.1) is 11.8 Å². The van der Waals surface area contributed by atoms with E-state index in [1.165, 1.54) is 6.26 Å². The van der Waals surface area contributed by atoms with Crippen molar-refractivity contribution >= 4 is 21.8 Å². The molecule has 1 amide bonds. The van der Waals surface area contributed by atoms with Gasteiger partial charge < -0.3 is 15.1 Å². The monoisotopic (exact) mass is 302 g/mol. The molecule has 0 aliphatic heterocycles. The van der Waals surface area contributed by atoms with Gasteiger partial charge in [-0.3, -0.25) is 4.79 Å². The molecule has 0 bridgehead atoms. The molecule has 0 unspecified atom stereocenters. The molecular weight excluding hydrogens is 284 g/mol. The minimum absolute atomic E-state index is 0.0327. The van der Waals surface area contributed by atoms with Gasteiger partial charge in [0, 0.05) is 13.1 Å². The Morgan fingerprint density at radius 1 is 1.59 bits per heavy atom. The van der Waals surface area contributed by atoms with E-state index >= 15 is 0 Å². The van der Waals surface area contributed by atoms with Crippen molar-refractivity contribution in [3.8, 4) is 0 Å². The summed E-state index contributed by atoms with van der Waals surface area (Å²) < 4.78 is 5.56. The van der Waals surface area contributed by atoms with Crippen LogP contribution in [0.4, 0.5) is 0 Å². The molecular formula is C12H19BrN2O2. The lowest BCUT2D eigenvalue weighted by Crippen LogP contribution is -2.41. The number of hydrogen-bond acceptors (Lipinski definition) is 3. The molecule has 0 spiro atoms. The lowest BCUT2D eigenvalue weighted by Gasteiger charge is -2.30. The molecule has 0 radical (unpaired) electrons. The molecule has 5 heteroatoms. The molecule has 2 N–H and O–H groups in total. The van der Waals surface area contributed by atoms with Crippen LogP contribution in [0.5, 0.6) is 0 Å². The average molecular weight is 303 g/mol. The Hall–Kier alpha value is -0.810. The Morgan fingerprint density at radius 2 is 2.24 bits per heavy atom. The van der Waals surface area contributed by atoms with Gasteiger partial charge in [0.25, 0.3) is 5.91 Å². The zero-order valence-electron chi connectivity index (χ0n) is 10.5. The Kier molecular flexibility index (Phi) is 4.77. The Bertz CT molecular complexity index is 388. The second-order valence-electron chi connectivity index (χ2n) is 4.80. The maximum absolute atomic E-state index is 12.2. The number of rotatable bonds is 5. The highest BCUT2D eigenvalue weighted by atomic mass is 79.9. The van der Waals surface area contributed by atoms with Crippen molar-refractivity contribution in [1.29, 1.82) is 0 Å². The third-order valence-corrected chi connectivity index (χ3v) is 3.30. The summed E-state index contributed by atoms with van der Waals surface area (Å²) >= 11 is 3.22. The van der Waals surface area contributed by atoms with Crippen LogP contribution in [0, 0.1) is 5.41 Å². The fourth-order valence-corrected chi connectivity index (χ4v) is 1.93. The molecule has 0 fully saturated rings. The van der Waals surface area contributed by atoms with Crippen LogP contribution in [0.25, 0.3) is 0 Å². The minimum atomic E-state index is -0.0815. The summed E-state index contributed by atoms with van der Waals surface area (Å²) in [6.45, 7) is 7.89. The molecule has 1 heterocycles. The van der Waals surface area contributed by atoms with Crippen LogP contribution in [0.3, 0.4) is 0 Å². The van der Waals surface area contributed by atoms with E-state index in [9.17, 15) is 4.79 Å². The van der Waals surface area contributed by atoms with Gasteiger partial charge >= 0.3 is 0 Å². The lowest BCUT2D eigenvalue weighted by atomic mass is 9.93. The number of nitrogens with two attached hydrogens (primary N) is 1. The third kappa shape index (κ3) is 3.57. The number of hydrogen-bond donors (Lipinski definition) is 1. The number of carbonyl (C=O) groups excluding carboxylic acids is 1. The van der Waals surface area contributed by atoms with Crippen LogP contribution in [-0.4, -0.2) is 30.4 Å². The van der Waals surface area contributed by atoms with Gasteiger partial charge in [-0.1, -0.05) is 13.8 Å². The molecule has 1 aromatic heterocycles. The van der Waals surface area contributed by atoms with Crippen LogP contribution in [0.2, 0.25) is 0 Å². The van der Waals surface area contributed by atoms with Crippen LogP contribution < -0.4 is 5.73 Å². The molecule has 0 aliphatic carbocycles. The zero-order chi connectivity index (χ0) is 13.1. The molecule has 0 saturated heterocycles. The summed E-state index contributed by atoms with van der Waals surface area (Å²) in [7, 11) is 0. The number of furan rings is 1. The van der Waals surface area contributed by atoms with E-state index in [-0.39, 0.29) is 11.3 Å². The highest BCUT2D eigenvalue weighted by Gasteiger charge is 2.25. The molecule has 4 nitrogen and oxygen atoms in total. The van der Waals surface area contributed by atoms with Crippen molar-refractivity contribution < 1.29 is 9.21 Å². The maximum atomic E-state index is 12.2. The Balaban J connectivity index is 2.82. The third-order valence-electron chi connectivity index (χ3n) is 2.69. The SMILES string of the molecule is CCN(CC(C)(C)CN)C(=O)c1ccoc1Br. The number of halogens is 1. The lowest BCUT2D eigenvalue weighted by molar-refractivity contribution is 0.0699. The quantitative estimate of drug-likeness (QED) is 0.909. The van der Waals surface area contributed by atoms with Gasteiger partial charge in [-0.25, -0.2) is 0 Å². The fourth-order valence-electron chi connectivity index (χ4n) is 1.52. The van der Waals surface area contributed by atoms with Crippen LogP contribution in [0.15, 0.2) is 21.4 Å². The molecule has 1 aromatic rings. The van der Waals surface area contributed by atoms with Gasteiger partial charge in [0.1, 0.15) is 0 Å². The second kappa shape index (κ2) is 5.69. The van der Waals surface area contributed by atoms with Gasteiger partial charge in [-0.2, -0.15) is 0 Å². The van der Waals surface area contributed by atoms with Crippen LogP contribution in [-0.2, 0) is 0 Å². The Morgan fingerprint density at radius 3 is 2.65 bits per heavy atom. The molecule has 0 aromatic carbocycles. The first-order chi connectivity index (χ1) is 7.91. The predicted molar refractivity (Wildman–Crippen MR) is 70.8 cm³/mol. The van der Waals surface area contributed by atoms with Gasteiger partial charge in [0.2, 0.25) is 0 Å². The predicted octanol–water partition coefficient (Wildman–Crippen LogP) is 2.49. The van der Waals surface area contributed by atoms with E-state index in [4.69, 9.17) is 10.2 Å². The summed E-state index contributed by atoms with van der Waals surface area (Å²) in [5.74, 6) is -0.0327. The minimum Gasteiger partial charge on any atom is -0.457 e. The second-order valence-corrected chi connectivity index (χ2v) is 5.52. The topological polar surface area (TPSA) is 59.5 Å². The standard InChI is InChI=1S/C12H19BrN2O2/c1-4-15(8-12(2,3)7-14)11(16)9-5-6-17-10(9)13/h5-6H,4,7-8,14H2,1-3H3. The average Bonchev–Trinajstić information content (AvgIpc) is 2.71. The highest BCUT2D eigenvalue weighted by molar-refractivity contribution is 9.10. The van der Waals surface area contributed by atoms with Gasteiger partial charge in [-0.05, 0) is 40.9 Å². The van der Waals surface area contributed by atoms with Crippen molar-refractivity contribution in [2.45, 2.75) is 20.8 Å². The first kappa shape index (κ1) is 14.3. The molecule has 0 aliphatic rings.